The van der Waals surface area contributed by atoms with Gasteiger partial charge in [-0.3, -0.25) is 0 Å². The molecule has 1 fully saturated rings. The fraction of sp³-hybridized carbons (Fsp3) is 0.500. The second-order valence-corrected chi connectivity index (χ2v) is 6.24. The lowest BCUT2D eigenvalue weighted by molar-refractivity contribution is 0.886. The zero-order chi connectivity index (χ0) is 10.7. The molecule has 1 aliphatic carbocycles. The Morgan fingerprint density at radius 1 is 1.33 bits per heavy atom. The highest BCUT2D eigenvalue weighted by molar-refractivity contribution is 9.10. The van der Waals surface area contributed by atoms with Gasteiger partial charge in [0.25, 0.3) is 0 Å². The van der Waals surface area contributed by atoms with Gasteiger partial charge < -0.3 is 5.73 Å². The van der Waals surface area contributed by atoms with Crippen LogP contribution in [0.15, 0.2) is 27.6 Å². The molecular formula is C12H16BrNS. The van der Waals surface area contributed by atoms with Crippen LogP contribution < -0.4 is 5.73 Å². The van der Waals surface area contributed by atoms with Gasteiger partial charge in [0.05, 0.1) is 0 Å². The molecule has 1 aromatic rings. The molecule has 0 aromatic heterocycles. The number of halogens is 1. The van der Waals surface area contributed by atoms with Crippen LogP contribution in [0.2, 0.25) is 0 Å². The Labute approximate surface area is 104 Å². The lowest BCUT2D eigenvalue weighted by Crippen LogP contribution is -2.01. The van der Waals surface area contributed by atoms with Gasteiger partial charge >= 0.3 is 0 Å². The van der Waals surface area contributed by atoms with Crippen LogP contribution in [0.5, 0.6) is 0 Å². The van der Waals surface area contributed by atoms with Crippen molar-refractivity contribution >= 4 is 27.7 Å². The average molecular weight is 286 g/mol. The maximum absolute atomic E-state index is 5.75. The molecule has 0 spiro atoms. The minimum Gasteiger partial charge on any atom is -0.326 e. The van der Waals surface area contributed by atoms with Crippen molar-refractivity contribution in [2.24, 2.45) is 5.73 Å². The fourth-order valence-corrected chi connectivity index (χ4v) is 3.93. The van der Waals surface area contributed by atoms with Gasteiger partial charge in [0.15, 0.2) is 0 Å². The van der Waals surface area contributed by atoms with E-state index in [1.165, 1.54) is 36.1 Å². The molecule has 2 N–H and O–H groups in total. The molecule has 0 unspecified atom stereocenters. The Hall–Kier alpha value is 0.01000. The number of hydrogen-bond donors (Lipinski definition) is 1. The van der Waals surface area contributed by atoms with E-state index < -0.39 is 0 Å². The van der Waals surface area contributed by atoms with Crippen molar-refractivity contribution in [1.82, 2.24) is 0 Å². The van der Waals surface area contributed by atoms with E-state index in [9.17, 15) is 0 Å². The van der Waals surface area contributed by atoms with E-state index in [-0.39, 0.29) is 0 Å². The normalized spacial score (nSPS) is 17.2. The predicted molar refractivity (Wildman–Crippen MR) is 70.1 cm³/mol. The van der Waals surface area contributed by atoms with Crippen LogP contribution in [0.25, 0.3) is 0 Å². The van der Waals surface area contributed by atoms with Crippen LogP contribution in [0, 0.1) is 0 Å². The minimum atomic E-state index is 0.641. The van der Waals surface area contributed by atoms with Crippen LogP contribution in [0.1, 0.15) is 31.2 Å². The Kier molecular flexibility index (Phi) is 4.12. The van der Waals surface area contributed by atoms with Gasteiger partial charge in [-0.2, -0.15) is 0 Å². The molecule has 82 valence electrons. The summed E-state index contributed by atoms with van der Waals surface area (Å²) in [5, 5.41) is 0.810. The van der Waals surface area contributed by atoms with Gasteiger partial charge in [-0.1, -0.05) is 34.8 Å². The van der Waals surface area contributed by atoms with Crippen LogP contribution >= 0.6 is 27.7 Å². The number of nitrogens with two attached hydrogens (primary N) is 1. The SMILES string of the molecule is NCc1ccc(Br)cc1SC1CCCC1. The molecule has 0 radical (unpaired) electrons. The molecule has 2 rings (SSSR count). The van der Waals surface area contributed by atoms with Gasteiger partial charge in [-0.15, -0.1) is 11.8 Å². The summed E-state index contributed by atoms with van der Waals surface area (Å²) in [5.74, 6) is 0. The number of rotatable bonds is 3. The Bertz CT molecular complexity index is 334. The Balaban J connectivity index is 2.14. The molecule has 3 heteroatoms. The van der Waals surface area contributed by atoms with Gasteiger partial charge in [0.2, 0.25) is 0 Å². The largest absolute Gasteiger partial charge is 0.326 e. The summed E-state index contributed by atoms with van der Waals surface area (Å²) < 4.78 is 1.15. The summed E-state index contributed by atoms with van der Waals surface area (Å²) >= 11 is 5.53. The number of hydrogen-bond acceptors (Lipinski definition) is 2. The first-order valence-electron chi connectivity index (χ1n) is 5.45. The molecule has 0 saturated heterocycles. The Morgan fingerprint density at radius 3 is 2.73 bits per heavy atom. The molecule has 1 saturated carbocycles. The zero-order valence-electron chi connectivity index (χ0n) is 8.71. The van der Waals surface area contributed by atoms with Crippen LogP contribution in [0.4, 0.5) is 0 Å². The van der Waals surface area contributed by atoms with E-state index in [0.717, 1.165) is 9.72 Å². The van der Waals surface area contributed by atoms with E-state index in [0.29, 0.717) is 6.54 Å². The smallest absolute Gasteiger partial charge is 0.0189 e. The standard InChI is InChI=1S/C12H16BrNS/c13-10-6-5-9(8-14)12(7-10)15-11-3-1-2-4-11/h5-7,11H,1-4,8,14H2. The first-order chi connectivity index (χ1) is 7.29. The third-order valence-corrected chi connectivity index (χ3v) is 4.78. The van der Waals surface area contributed by atoms with Crippen LogP contribution in [-0.4, -0.2) is 5.25 Å². The van der Waals surface area contributed by atoms with Crippen molar-refractivity contribution in [3.8, 4) is 0 Å². The van der Waals surface area contributed by atoms with Gasteiger partial charge in [-0.05, 0) is 30.5 Å². The molecule has 15 heavy (non-hydrogen) atoms. The average Bonchev–Trinajstić information content (AvgIpc) is 2.71. The second kappa shape index (κ2) is 5.37. The molecule has 0 heterocycles. The van der Waals surface area contributed by atoms with E-state index in [1.54, 1.807) is 0 Å². The van der Waals surface area contributed by atoms with E-state index >= 15 is 0 Å². The van der Waals surface area contributed by atoms with Gasteiger partial charge in [-0.25, -0.2) is 0 Å². The monoisotopic (exact) mass is 285 g/mol. The lowest BCUT2D eigenvalue weighted by Gasteiger charge is -2.12. The highest BCUT2D eigenvalue weighted by Crippen LogP contribution is 2.37. The Morgan fingerprint density at radius 2 is 2.07 bits per heavy atom. The minimum absolute atomic E-state index is 0.641. The van der Waals surface area contributed by atoms with Gasteiger partial charge in [0.1, 0.15) is 0 Å². The van der Waals surface area contributed by atoms with Crippen molar-refractivity contribution in [3.05, 3.63) is 28.2 Å². The summed E-state index contributed by atoms with van der Waals surface area (Å²) in [4.78, 5) is 1.36. The maximum atomic E-state index is 5.75. The zero-order valence-corrected chi connectivity index (χ0v) is 11.1. The molecule has 1 aromatic carbocycles. The van der Waals surface area contributed by atoms with E-state index in [1.807, 2.05) is 11.8 Å². The lowest BCUT2D eigenvalue weighted by atomic mass is 10.2. The van der Waals surface area contributed by atoms with Crippen molar-refractivity contribution in [2.45, 2.75) is 42.4 Å². The van der Waals surface area contributed by atoms with Crippen molar-refractivity contribution in [2.75, 3.05) is 0 Å². The first-order valence-corrected chi connectivity index (χ1v) is 7.12. The summed E-state index contributed by atoms with van der Waals surface area (Å²) in [6, 6.07) is 6.40. The molecule has 0 amide bonds. The highest BCUT2D eigenvalue weighted by Gasteiger charge is 2.17. The van der Waals surface area contributed by atoms with Crippen molar-refractivity contribution in [1.29, 1.82) is 0 Å². The van der Waals surface area contributed by atoms with Crippen molar-refractivity contribution < 1.29 is 0 Å². The molecule has 1 nitrogen and oxygen atoms in total. The molecule has 0 aliphatic heterocycles. The number of thioether (sulfide) groups is 1. The summed E-state index contributed by atoms with van der Waals surface area (Å²) in [6.07, 6.45) is 5.51. The quantitative estimate of drug-likeness (QED) is 0.910. The highest BCUT2D eigenvalue weighted by atomic mass is 79.9. The fourth-order valence-electron chi connectivity index (χ4n) is 1.99. The summed E-state index contributed by atoms with van der Waals surface area (Å²) in [5.41, 5.74) is 7.02. The third kappa shape index (κ3) is 2.99. The van der Waals surface area contributed by atoms with Crippen LogP contribution in [0.3, 0.4) is 0 Å². The van der Waals surface area contributed by atoms with Crippen LogP contribution in [-0.2, 0) is 6.54 Å². The molecule has 1 aliphatic rings. The van der Waals surface area contributed by atoms with Crippen molar-refractivity contribution in [3.63, 3.8) is 0 Å². The molecule has 0 bridgehead atoms. The predicted octanol–water partition coefficient (Wildman–Crippen LogP) is 3.94. The van der Waals surface area contributed by atoms with E-state index in [2.05, 4.69) is 34.1 Å². The maximum Gasteiger partial charge on any atom is 0.0189 e. The van der Waals surface area contributed by atoms with Gasteiger partial charge in [0, 0.05) is 21.2 Å². The second-order valence-electron chi connectivity index (χ2n) is 3.98. The number of benzene rings is 1. The summed E-state index contributed by atoms with van der Waals surface area (Å²) in [7, 11) is 0. The third-order valence-electron chi connectivity index (χ3n) is 2.84. The topological polar surface area (TPSA) is 26.0 Å². The van der Waals surface area contributed by atoms with E-state index in [4.69, 9.17) is 5.73 Å². The first kappa shape index (κ1) is 11.5. The molecule has 0 atom stereocenters. The summed E-state index contributed by atoms with van der Waals surface area (Å²) in [6.45, 7) is 0.641. The molecular weight excluding hydrogens is 270 g/mol.